The van der Waals surface area contributed by atoms with Crippen LogP contribution in [0.1, 0.15) is 17.1 Å². The van der Waals surface area contributed by atoms with Crippen LogP contribution in [0.15, 0.2) is 46.9 Å². The summed E-state index contributed by atoms with van der Waals surface area (Å²) in [7, 11) is 1.60. The normalized spacial score (nSPS) is 10.6. The van der Waals surface area contributed by atoms with E-state index in [1.165, 1.54) is 6.08 Å². The highest BCUT2D eigenvalue weighted by Crippen LogP contribution is 2.11. The lowest BCUT2D eigenvalue weighted by atomic mass is 10.1. The number of likely N-dealkylation sites (N-methyl/N-ethyl adjacent to an activating group) is 1. The van der Waals surface area contributed by atoms with Gasteiger partial charge in [-0.05, 0) is 42.8 Å². The first-order valence-corrected chi connectivity index (χ1v) is 6.92. The number of aryl methyl sites for hydroxylation is 1. The zero-order chi connectivity index (χ0) is 15.9. The monoisotopic (exact) mass is 298 g/mol. The van der Waals surface area contributed by atoms with Crippen molar-refractivity contribution in [1.29, 1.82) is 0 Å². The predicted octanol–water partition coefficient (Wildman–Crippen LogP) is 2.53. The van der Waals surface area contributed by atoms with Gasteiger partial charge in [0.05, 0.1) is 6.42 Å². The van der Waals surface area contributed by atoms with E-state index in [2.05, 4.69) is 10.6 Å². The molecule has 0 fully saturated rings. The molecule has 2 aromatic rings. The third-order valence-electron chi connectivity index (χ3n) is 3.03. The molecule has 2 N–H and O–H groups in total. The van der Waals surface area contributed by atoms with Crippen molar-refractivity contribution in [2.45, 2.75) is 13.3 Å². The topological polar surface area (TPSA) is 71.3 Å². The van der Waals surface area contributed by atoms with Gasteiger partial charge in [-0.3, -0.25) is 9.59 Å². The van der Waals surface area contributed by atoms with Crippen LogP contribution in [0.3, 0.4) is 0 Å². The molecule has 2 amide bonds. The molecular weight excluding hydrogens is 280 g/mol. The predicted molar refractivity (Wildman–Crippen MR) is 85.3 cm³/mol. The highest BCUT2D eigenvalue weighted by atomic mass is 16.3. The molecule has 0 spiro atoms. The molecule has 1 aromatic heterocycles. The zero-order valence-electron chi connectivity index (χ0n) is 12.6. The van der Waals surface area contributed by atoms with Crippen molar-refractivity contribution < 1.29 is 14.0 Å². The molecule has 0 saturated heterocycles. The Morgan fingerprint density at radius 1 is 1.14 bits per heavy atom. The molecule has 114 valence electrons. The number of hydrogen-bond acceptors (Lipinski definition) is 3. The van der Waals surface area contributed by atoms with E-state index >= 15 is 0 Å². The Hall–Kier alpha value is -2.82. The molecule has 0 atom stereocenters. The van der Waals surface area contributed by atoms with Gasteiger partial charge in [-0.1, -0.05) is 12.1 Å². The van der Waals surface area contributed by atoms with E-state index < -0.39 is 0 Å². The van der Waals surface area contributed by atoms with E-state index in [-0.39, 0.29) is 11.8 Å². The third-order valence-corrected chi connectivity index (χ3v) is 3.03. The fourth-order valence-corrected chi connectivity index (χ4v) is 1.86. The molecule has 2 rings (SSSR count). The molecule has 0 radical (unpaired) electrons. The Bertz CT molecular complexity index is 684. The maximum absolute atomic E-state index is 11.8. The number of carbonyl (C=O) groups excluding carboxylic acids is 2. The van der Waals surface area contributed by atoms with Crippen LogP contribution in [-0.4, -0.2) is 18.9 Å². The molecule has 0 aliphatic rings. The van der Waals surface area contributed by atoms with E-state index in [9.17, 15) is 9.59 Å². The van der Waals surface area contributed by atoms with E-state index in [1.807, 2.05) is 25.1 Å². The minimum absolute atomic E-state index is 0.0477. The van der Waals surface area contributed by atoms with Crippen molar-refractivity contribution >= 4 is 23.6 Å². The van der Waals surface area contributed by atoms with Gasteiger partial charge in [0.15, 0.2) is 0 Å². The van der Waals surface area contributed by atoms with Gasteiger partial charge in [-0.2, -0.15) is 0 Å². The summed E-state index contributed by atoms with van der Waals surface area (Å²) in [4.78, 5) is 23.1. The van der Waals surface area contributed by atoms with E-state index in [0.717, 1.165) is 11.3 Å². The number of benzene rings is 1. The van der Waals surface area contributed by atoms with E-state index in [0.29, 0.717) is 17.9 Å². The van der Waals surface area contributed by atoms with Crippen molar-refractivity contribution in [3.05, 3.63) is 59.6 Å². The summed E-state index contributed by atoms with van der Waals surface area (Å²) in [6, 6.07) is 10.8. The second-order valence-electron chi connectivity index (χ2n) is 4.82. The van der Waals surface area contributed by atoms with Crippen molar-refractivity contribution in [3.8, 4) is 0 Å². The number of nitrogens with one attached hydrogen (secondary N) is 2. The fourth-order valence-electron chi connectivity index (χ4n) is 1.86. The molecule has 0 aliphatic carbocycles. The molecule has 0 bridgehead atoms. The molecule has 0 unspecified atom stereocenters. The van der Waals surface area contributed by atoms with Gasteiger partial charge >= 0.3 is 0 Å². The molecule has 5 heteroatoms. The number of carbonyl (C=O) groups is 2. The van der Waals surface area contributed by atoms with E-state index in [1.54, 1.807) is 31.3 Å². The molecular formula is C17H18N2O3. The second-order valence-corrected chi connectivity index (χ2v) is 4.82. The van der Waals surface area contributed by atoms with Crippen LogP contribution >= 0.6 is 0 Å². The van der Waals surface area contributed by atoms with Gasteiger partial charge in [0.1, 0.15) is 11.5 Å². The second kappa shape index (κ2) is 7.26. The first kappa shape index (κ1) is 15.6. The van der Waals surface area contributed by atoms with Crippen LogP contribution < -0.4 is 10.6 Å². The standard InChI is InChI=1S/C17H18N2O3/c1-12-3-8-15(22-12)9-10-16(20)19-14-6-4-13(5-7-14)11-17(21)18-2/h3-10H,11H2,1-2H3,(H,18,21)(H,19,20)/b10-9+. The third kappa shape index (κ3) is 4.63. The smallest absolute Gasteiger partial charge is 0.248 e. The fraction of sp³-hybridized carbons (Fsp3) is 0.176. The SMILES string of the molecule is CNC(=O)Cc1ccc(NC(=O)/C=C/c2ccc(C)o2)cc1. The lowest BCUT2D eigenvalue weighted by Gasteiger charge is -2.04. The van der Waals surface area contributed by atoms with Crippen LogP contribution in [0.4, 0.5) is 5.69 Å². The summed E-state index contributed by atoms with van der Waals surface area (Å²) < 4.78 is 5.34. The summed E-state index contributed by atoms with van der Waals surface area (Å²) in [6.45, 7) is 1.85. The van der Waals surface area contributed by atoms with Crippen LogP contribution in [0, 0.1) is 6.92 Å². The first-order valence-electron chi connectivity index (χ1n) is 6.92. The van der Waals surface area contributed by atoms with Crippen LogP contribution in [-0.2, 0) is 16.0 Å². The summed E-state index contributed by atoms with van der Waals surface area (Å²) in [5, 5.41) is 5.31. The largest absolute Gasteiger partial charge is 0.462 e. The highest BCUT2D eigenvalue weighted by Gasteiger charge is 2.02. The summed E-state index contributed by atoms with van der Waals surface area (Å²) >= 11 is 0. The molecule has 1 heterocycles. The van der Waals surface area contributed by atoms with Crippen molar-refractivity contribution in [2.75, 3.05) is 12.4 Å². The van der Waals surface area contributed by atoms with Gasteiger partial charge in [-0.25, -0.2) is 0 Å². The van der Waals surface area contributed by atoms with Crippen LogP contribution in [0.25, 0.3) is 6.08 Å². The highest BCUT2D eigenvalue weighted by molar-refractivity contribution is 6.01. The number of amides is 2. The van der Waals surface area contributed by atoms with E-state index in [4.69, 9.17) is 4.42 Å². The molecule has 22 heavy (non-hydrogen) atoms. The van der Waals surface area contributed by atoms with Crippen molar-refractivity contribution in [3.63, 3.8) is 0 Å². The van der Waals surface area contributed by atoms with Gasteiger partial charge in [0.25, 0.3) is 0 Å². The Morgan fingerprint density at radius 3 is 2.45 bits per heavy atom. The minimum atomic E-state index is -0.242. The molecule has 0 aliphatic heterocycles. The number of anilines is 1. The summed E-state index contributed by atoms with van der Waals surface area (Å²) in [5.41, 5.74) is 1.56. The summed E-state index contributed by atoms with van der Waals surface area (Å²) in [5.74, 6) is 1.14. The summed E-state index contributed by atoms with van der Waals surface area (Å²) in [6.07, 6.45) is 3.35. The maximum atomic E-state index is 11.8. The lowest BCUT2D eigenvalue weighted by Crippen LogP contribution is -2.19. The number of rotatable bonds is 5. The Labute approximate surface area is 129 Å². The van der Waals surface area contributed by atoms with Gasteiger partial charge < -0.3 is 15.1 Å². The first-order chi connectivity index (χ1) is 10.6. The quantitative estimate of drug-likeness (QED) is 0.833. The minimum Gasteiger partial charge on any atom is -0.462 e. The Balaban J connectivity index is 1.91. The average molecular weight is 298 g/mol. The molecule has 0 saturated carbocycles. The van der Waals surface area contributed by atoms with Crippen molar-refractivity contribution in [1.82, 2.24) is 5.32 Å². The molecule has 5 nitrogen and oxygen atoms in total. The Morgan fingerprint density at radius 2 is 1.86 bits per heavy atom. The van der Waals surface area contributed by atoms with Crippen LogP contribution in [0.5, 0.6) is 0 Å². The van der Waals surface area contributed by atoms with Gasteiger partial charge in [0.2, 0.25) is 11.8 Å². The number of furan rings is 1. The average Bonchev–Trinajstić information content (AvgIpc) is 2.92. The van der Waals surface area contributed by atoms with Gasteiger partial charge in [-0.15, -0.1) is 0 Å². The number of hydrogen-bond donors (Lipinski definition) is 2. The van der Waals surface area contributed by atoms with Crippen molar-refractivity contribution in [2.24, 2.45) is 0 Å². The Kier molecular flexibility index (Phi) is 5.14. The maximum Gasteiger partial charge on any atom is 0.248 e. The van der Waals surface area contributed by atoms with Crippen LogP contribution in [0.2, 0.25) is 0 Å². The molecule has 1 aromatic carbocycles. The zero-order valence-corrected chi connectivity index (χ0v) is 12.6. The lowest BCUT2D eigenvalue weighted by molar-refractivity contribution is -0.120. The van der Waals surface area contributed by atoms with Gasteiger partial charge in [0, 0.05) is 18.8 Å².